The lowest BCUT2D eigenvalue weighted by atomic mass is 9.85. The molecule has 3 fully saturated rings. The van der Waals surface area contributed by atoms with Crippen LogP contribution < -0.4 is 5.32 Å². The van der Waals surface area contributed by atoms with E-state index in [1.807, 2.05) is 0 Å². The molecule has 3 heterocycles. The van der Waals surface area contributed by atoms with Gasteiger partial charge in [-0.25, -0.2) is 0 Å². The van der Waals surface area contributed by atoms with Gasteiger partial charge in [-0.05, 0) is 25.8 Å². The third-order valence-corrected chi connectivity index (χ3v) is 5.55. The zero-order chi connectivity index (χ0) is 14.7. The third kappa shape index (κ3) is 3.98. The number of fused-ring (bicyclic) bond motifs is 1. The van der Waals surface area contributed by atoms with E-state index in [1.165, 1.54) is 58.4 Å². The summed E-state index contributed by atoms with van der Waals surface area (Å²) in [6, 6.07) is 1.39. The Balaban J connectivity index is 1.55. The molecule has 0 aliphatic carbocycles. The molecule has 21 heavy (non-hydrogen) atoms. The van der Waals surface area contributed by atoms with Gasteiger partial charge in [-0.15, -0.1) is 0 Å². The molecule has 1 N–H and O–H groups in total. The predicted molar refractivity (Wildman–Crippen MR) is 86.7 cm³/mol. The summed E-state index contributed by atoms with van der Waals surface area (Å²) < 4.78 is 5.76. The highest BCUT2D eigenvalue weighted by Gasteiger charge is 2.38. The highest BCUT2D eigenvalue weighted by atomic mass is 16.5. The van der Waals surface area contributed by atoms with Gasteiger partial charge >= 0.3 is 0 Å². The van der Waals surface area contributed by atoms with Crippen molar-refractivity contribution < 1.29 is 4.74 Å². The first-order chi connectivity index (χ1) is 10.2. The van der Waals surface area contributed by atoms with Crippen LogP contribution in [0.25, 0.3) is 0 Å². The highest BCUT2D eigenvalue weighted by Crippen LogP contribution is 2.31. The van der Waals surface area contributed by atoms with Gasteiger partial charge in [-0.3, -0.25) is 9.80 Å². The molecule has 0 aromatic rings. The van der Waals surface area contributed by atoms with Crippen LogP contribution in [0.1, 0.15) is 39.5 Å². The highest BCUT2D eigenvalue weighted by molar-refractivity contribution is 4.92. The van der Waals surface area contributed by atoms with Crippen molar-refractivity contribution in [2.45, 2.75) is 51.6 Å². The first kappa shape index (κ1) is 15.7. The summed E-state index contributed by atoms with van der Waals surface area (Å²) in [7, 11) is 0. The molecule has 3 aliphatic heterocycles. The molecule has 0 aromatic heterocycles. The average molecular weight is 295 g/mol. The molecule has 3 rings (SSSR count). The van der Waals surface area contributed by atoms with E-state index in [1.54, 1.807) is 0 Å². The predicted octanol–water partition coefficient (Wildman–Crippen LogP) is 1.56. The van der Waals surface area contributed by atoms with Gasteiger partial charge in [0.15, 0.2) is 0 Å². The largest absolute Gasteiger partial charge is 0.381 e. The molecule has 4 heteroatoms. The molecule has 0 spiro atoms. The van der Waals surface area contributed by atoms with Gasteiger partial charge in [-0.2, -0.15) is 0 Å². The molecule has 0 bridgehead atoms. The Labute approximate surface area is 130 Å². The summed E-state index contributed by atoms with van der Waals surface area (Å²) >= 11 is 0. The van der Waals surface area contributed by atoms with E-state index >= 15 is 0 Å². The van der Waals surface area contributed by atoms with Gasteiger partial charge in [-0.1, -0.05) is 20.3 Å². The second kappa shape index (κ2) is 6.95. The molecule has 3 saturated heterocycles. The molecule has 4 nitrogen and oxygen atoms in total. The van der Waals surface area contributed by atoms with Crippen LogP contribution in [0, 0.1) is 5.41 Å². The van der Waals surface area contributed by atoms with Crippen molar-refractivity contribution in [3.8, 4) is 0 Å². The van der Waals surface area contributed by atoms with Crippen LogP contribution >= 0.6 is 0 Å². The Bertz CT molecular complexity index is 328. The number of piperazine rings is 1. The fourth-order valence-electron chi connectivity index (χ4n) is 4.23. The number of hydrogen-bond acceptors (Lipinski definition) is 4. The van der Waals surface area contributed by atoms with E-state index in [9.17, 15) is 0 Å². The van der Waals surface area contributed by atoms with Crippen molar-refractivity contribution >= 4 is 0 Å². The average Bonchev–Trinajstić information content (AvgIpc) is 2.94. The minimum absolute atomic E-state index is 0.348. The van der Waals surface area contributed by atoms with Gasteiger partial charge in [0, 0.05) is 56.8 Å². The normalized spacial score (nSPS) is 35.3. The van der Waals surface area contributed by atoms with Crippen LogP contribution in [0.4, 0.5) is 0 Å². The first-order valence-corrected chi connectivity index (χ1v) is 8.94. The van der Waals surface area contributed by atoms with Crippen LogP contribution in [0.2, 0.25) is 0 Å². The fraction of sp³-hybridized carbons (Fsp3) is 1.00. The Morgan fingerprint density at radius 1 is 1.24 bits per heavy atom. The van der Waals surface area contributed by atoms with Gasteiger partial charge in [0.05, 0.1) is 6.61 Å². The molecule has 0 aromatic carbocycles. The minimum atomic E-state index is 0.348. The monoisotopic (exact) mass is 295 g/mol. The van der Waals surface area contributed by atoms with Gasteiger partial charge in [0.1, 0.15) is 0 Å². The van der Waals surface area contributed by atoms with Crippen LogP contribution in [-0.4, -0.2) is 74.4 Å². The fourth-order valence-corrected chi connectivity index (χ4v) is 4.23. The van der Waals surface area contributed by atoms with Crippen LogP contribution in [0.15, 0.2) is 0 Å². The lowest BCUT2D eigenvalue weighted by Gasteiger charge is -2.46. The quantitative estimate of drug-likeness (QED) is 0.833. The maximum absolute atomic E-state index is 5.76. The number of rotatable bonds is 5. The molecular weight excluding hydrogens is 262 g/mol. The SMILES string of the molecule is CC(C)NCC1(CN2CCN3CCCCC3C2)CCOC1. The molecular formula is C17H33N3O. The van der Waals surface area contributed by atoms with Crippen LogP contribution in [0.5, 0.6) is 0 Å². The van der Waals surface area contributed by atoms with E-state index in [4.69, 9.17) is 4.74 Å². The minimum Gasteiger partial charge on any atom is -0.381 e. The maximum Gasteiger partial charge on any atom is 0.0547 e. The molecule has 0 amide bonds. The van der Waals surface area contributed by atoms with Crippen LogP contribution in [0.3, 0.4) is 0 Å². The summed E-state index contributed by atoms with van der Waals surface area (Å²) in [5.41, 5.74) is 0.348. The van der Waals surface area contributed by atoms with Crippen molar-refractivity contribution in [1.29, 1.82) is 0 Å². The van der Waals surface area contributed by atoms with Gasteiger partial charge in [0.25, 0.3) is 0 Å². The molecule has 2 atom stereocenters. The zero-order valence-corrected chi connectivity index (χ0v) is 13.9. The van der Waals surface area contributed by atoms with Crippen molar-refractivity contribution in [3.05, 3.63) is 0 Å². The van der Waals surface area contributed by atoms with E-state index in [2.05, 4.69) is 29.0 Å². The number of ether oxygens (including phenoxy) is 1. The number of nitrogens with one attached hydrogen (secondary N) is 1. The lowest BCUT2D eigenvalue weighted by Crippen LogP contribution is -2.57. The standard InChI is InChI=1S/C17H33N3O/c1-15(2)18-12-17(6-10-21-14-17)13-19-8-9-20-7-4-3-5-16(20)11-19/h15-16,18H,3-14H2,1-2H3. The van der Waals surface area contributed by atoms with Gasteiger partial charge < -0.3 is 10.1 Å². The Morgan fingerprint density at radius 2 is 2.14 bits per heavy atom. The molecule has 2 unspecified atom stereocenters. The summed E-state index contributed by atoms with van der Waals surface area (Å²) in [6.45, 7) is 13.8. The van der Waals surface area contributed by atoms with Crippen LogP contribution in [-0.2, 0) is 4.74 Å². The summed E-state index contributed by atoms with van der Waals surface area (Å²) in [6.07, 6.45) is 5.46. The number of hydrogen-bond donors (Lipinski definition) is 1. The van der Waals surface area contributed by atoms with Crippen molar-refractivity contribution in [1.82, 2.24) is 15.1 Å². The zero-order valence-electron chi connectivity index (χ0n) is 13.9. The van der Waals surface area contributed by atoms with E-state index in [-0.39, 0.29) is 0 Å². The summed E-state index contributed by atoms with van der Waals surface area (Å²) in [5.74, 6) is 0. The molecule has 0 saturated carbocycles. The Hall–Kier alpha value is -0.160. The Morgan fingerprint density at radius 3 is 2.90 bits per heavy atom. The van der Waals surface area contributed by atoms with E-state index in [0.29, 0.717) is 11.5 Å². The van der Waals surface area contributed by atoms with E-state index < -0.39 is 0 Å². The van der Waals surface area contributed by atoms with Crippen molar-refractivity contribution in [2.75, 3.05) is 52.5 Å². The lowest BCUT2D eigenvalue weighted by molar-refractivity contribution is 0.0217. The van der Waals surface area contributed by atoms with Crippen molar-refractivity contribution in [2.24, 2.45) is 5.41 Å². The number of nitrogens with zero attached hydrogens (tertiary/aromatic N) is 2. The smallest absolute Gasteiger partial charge is 0.0547 e. The van der Waals surface area contributed by atoms with E-state index in [0.717, 1.165) is 25.8 Å². The Kier molecular flexibility index (Phi) is 5.20. The first-order valence-electron chi connectivity index (χ1n) is 8.94. The third-order valence-electron chi connectivity index (χ3n) is 5.55. The second-order valence-electron chi connectivity index (χ2n) is 7.76. The second-order valence-corrected chi connectivity index (χ2v) is 7.76. The number of piperidine rings is 1. The summed E-state index contributed by atoms with van der Waals surface area (Å²) in [5, 5.41) is 3.66. The molecule has 122 valence electrons. The van der Waals surface area contributed by atoms with Crippen molar-refractivity contribution in [3.63, 3.8) is 0 Å². The summed E-state index contributed by atoms with van der Waals surface area (Å²) in [4.78, 5) is 5.45. The molecule has 0 radical (unpaired) electrons. The molecule has 3 aliphatic rings. The topological polar surface area (TPSA) is 27.7 Å². The van der Waals surface area contributed by atoms with Gasteiger partial charge in [0.2, 0.25) is 0 Å². The maximum atomic E-state index is 5.76.